The van der Waals surface area contributed by atoms with Crippen molar-refractivity contribution in [3.05, 3.63) is 67.2 Å². The molecule has 0 atom stereocenters. The second kappa shape index (κ2) is 7.63. The Morgan fingerprint density at radius 2 is 1.86 bits per heavy atom. The Kier molecular flexibility index (Phi) is 5.83. The van der Waals surface area contributed by atoms with Crippen LogP contribution in [0.2, 0.25) is 10.0 Å². The second-order valence-electron chi connectivity index (χ2n) is 4.30. The molecule has 1 N–H and O–H groups in total. The molecule has 0 aromatic heterocycles. The van der Waals surface area contributed by atoms with Gasteiger partial charge in [0, 0.05) is 19.3 Å². The fraction of sp³-hybridized carbons (Fsp3) is 0. The van der Waals surface area contributed by atoms with Crippen LogP contribution in [0.25, 0.3) is 6.08 Å². The van der Waals surface area contributed by atoms with E-state index in [1.807, 2.05) is 18.2 Å². The first-order valence-corrected chi connectivity index (χ1v) is 7.97. The van der Waals surface area contributed by atoms with Gasteiger partial charge < -0.3 is 5.32 Å². The normalized spacial score (nSPS) is 10.9. The second-order valence-corrected chi connectivity index (χ2v) is 6.39. The van der Waals surface area contributed by atoms with Gasteiger partial charge in [-0.1, -0.05) is 29.3 Å². The fourth-order valence-corrected chi connectivity index (χ4v) is 2.48. The predicted octanol–water partition coefficient (Wildman–Crippen LogP) is 5.14. The van der Waals surface area contributed by atoms with E-state index in [9.17, 15) is 10.1 Å². The van der Waals surface area contributed by atoms with Crippen LogP contribution in [0, 0.1) is 14.9 Å². The minimum absolute atomic E-state index is 0.0391. The summed E-state index contributed by atoms with van der Waals surface area (Å²) in [5.74, 6) is -0.491. The number of halogens is 3. The van der Waals surface area contributed by atoms with Crippen molar-refractivity contribution in [3.8, 4) is 6.07 Å². The zero-order valence-corrected chi connectivity index (χ0v) is 14.8. The molecule has 0 saturated heterocycles. The molecule has 3 nitrogen and oxygen atoms in total. The number of hydrogen-bond acceptors (Lipinski definition) is 2. The number of hydrogen-bond donors (Lipinski definition) is 1. The van der Waals surface area contributed by atoms with Gasteiger partial charge in [-0.2, -0.15) is 5.26 Å². The quantitative estimate of drug-likeness (QED) is 0.406. The lowest BCUT2D eigenvalue weighted by Gasteiger charge is -2.05. The van der Waals surface area contributed by atoms with Crippen molar-refractivity contribution in [1.82, 2.24) is 0 Å². The van der Waals surface area contributed by atoms with E-state index in [0.717, 1.165) is 3.57 Å². The first kappa shape index (κ1) is 16.8. The zero-order valence-electron chi connectivity index (χ0n) is 11.1. The van der Waals surface area contributed by atoms with E-state index >= 15 is 0 Å². The summed E-state index contributed by atoms with van der Waals surface area (Å²) in [7, 11) is 0. The molecule has 2 rings (SSSR count). The molecular formula is C16H9Cl2IN2O. The number of nitrogens with one attached hydrogen (secondary N) is 1. The summed E-state index contributed by atoms with van der Waals surface area (Å²) in [5, 5.41) is 12.7. The Morgan fingerprint density at radius 1 is 1.18 bits per heavy atom. The topological polar surface area (TPSA) is 52.9 Å². The maximum atomic E-state index is 12.1. The molecule has 0 bridgehead atoms. The van der Waals surface area contributed by atoms with Gasteiger partial charge in [0.2, 0.25) is 0 Å². The Labute approximate surface area is 151 Å². The summed E-state index contributed by atoms with van der Waals surface area (Å²) in [6.07, 6.45) is 1.43. The number of nitrogens with zero attached hydrogens (tertiary/aromatic N) is 1. The van der Waals surface area contributed by atoms with E-state index in [1.54, 1.807) is 30.3 Å². The number of carbonyl (C=O) groups excluding carboxylic acids is 1. The van der Waals surface area contributed by atoms with Crippen LogP contribution in [0.5, 0.6) is 0 Å². The van der Waals surface area contributed by atoms with Gasteiger partial charge in [0.1, 0.15) is 11.6 Å². The number of amides is 1. The molecule has 0 heterocycles. The van der Waals surface area contributed by atoms with Crippen LogP contribution >= 0.6 is 45.8 Å². The third-order valence-corrected chi connectivity index (χ3v) is 4.01. The van der Waals surface area contributed by atoms with Crippen LogP contribution in [0.1, 0.15) is 5.56 Å². The molecule has 110 valence electrons. The van der Waals surface area contributed by atoms with Crippen LogP contribution < -0.4 is 5.32 Å². The molecule has 2 aromatic carbocycles. The SMILES string of the molecule is N#C/C(=C/c1ccc(Cl)cc1Cl)C(=O)Nc1ccc(I)cc1. The van der Waals surface area contributed by atoms with Crippen LogP contribution in [0.3, 0.4) is 0 Å². The molecule has 0 radical (unpaired) electrons. The summed E-state index contributed by atoms with van der Waals surface area (Å²) in [6, 6.07) is 14.0. The van der Waals surface area contributed by atoms with Gasteiger partial charge in [0.25, 0.3) is 5.91 Å². The average molecular weight is 443 g/mol. The molecule has 6 heteroatoms. The maximum absolute atomic E-state index is 12.1. The molecule has 2 aromatic rings. The molecular weight excluding hydrogens is 434 g/mol. The third kappa shape index (κ3) is 4.47. The Morgan fingerprint density at radius 3 is 2.45 bits per heavy atom. The largest absolute Gasteiger partial charge is 0.321 e. The van der Waals surface area contributed by atoms with Crippen molar-refractivity contribution in [2.45, 2.75) is 0 Å². The summed E-state index contributed by atoms with van der Waals surface area (Å²) >= 11 is 14.0. The number of benzene rings is 2. The van der Waals surface area contributed by atoms with Crippen molar-refractivity contribution < 1.29 is 4.79 Å². The molecule has 22 heavy (non-hydrogen) atoms. The lowest BCUT2D eigenvalue weighted by atomic mass is 10.1. The van der Waals surface area contributed by atoms with Crippen molar-refractivity contribution in [1.29, 1.82) is 5.26 Å². The summed E-state index contributed by atoms with van der Waals surface area (Å²) < 4.78 is 1.06. The molecule has 0 unspecified atom stereocenters. The summed E-state index contributed by atoms with van der Waals surface area (Å²) in [4.78, 5) is 12.1. The minimum Gasteiger partial charge on any atom is -0.321 e. The van der Waals surface area contributed by atoms with Crippen molar-refractivity contribution in [2.75, 3.05) is 5.32 Å². The average Bonchev–Trinajstić information content (AvgIpc) is 2.49. The lowest BCUT2D eigenvalue weighted by Crippen LogP contribution is -2.13. The van der Waals surface area contributed by atoms with Crippen LogP contribution in [0.4, 0.5) is 5.69 Å². The molecule has 0 saturated carbocycles. The highest BCUT2D eigenvalue weighted by molar-refractivity contribution is 14.1. The number of nitriles is 1. The van der Waals surface area contributed by atoms with Gasteiger partial charge in [-0.25, -0.2) is 0 Å². The highest BCUT2D eigenvalue weighted by Gasteiger charge is 2.10. The van der Waals surface area contributed by atoms with Crippen molar-refractivity contribution >= 4 is 63.5 Å². The maximum Gasteiger partial charge on any atom is 0.266 e. The molecule has 0 spiro atoms. The van der Waals surface area contributed by atoms with E-state index in [4.69, 9.17) is 23.2 Å². The van der Waals surface area contributed by atoms with E-state index in [2.05, 4.69) is 27.9 Å². The van der Waals surface area contributed by atoms with Gasteiger partial charge >= 0.3 is 0 Å². The van der Waals surface area contributed by atoms with Crippen LogP contribution in [0.15, 0.2) is 48.0 Å². The zero-order chi connectivity index (χ0) is 16.1. The van der Waals surface area contributed by atoms with Crippen molar-refractivity contribution in [2.24, 2.45) is 0 Å². The Balaban J connectivity index is 2.23. The van der Waals surface area contributed by atoms with Gasteiger partial charge in [0.15, 0.2) is 0 Å². The van der Waals surface area contributed by atoms with E-state index in [1.165, 1.54) is 6.08 Å². The van der Waals surface area contributed by atoms with E-state index in [-0.39, 0.29) is 5.57 Å². The number of anilines is 1. The number of rotatable bonds is 3. The Bertz CT molecular complexity index is 780. The first-order chi connectivity index (χ1) is 10.5. The van der Waals surface area contributed by atoms with Gasteiger partial charge in [-0.15, -0.1) is 0 Å². The predicted molar refractivity (Wildman–Crippen MR) is 97.8 cm³/mol. The lowest BCUT2D eigenvalue weighted by molar-refractivity contribution is -0.112. The highest BCUT2D eigenvalue weighted by atomic mass is 127. The third-order valence-electron chi connectivity index (χ3n) is 2.73. The molecule has 0 fully saturated rings. The highest BCUT2D eigenvalue weighted by Crippen LogP contribution is 2.23. The van der Waals surface area contributed by atoms with Gasteiger partial charge in [-0.05, 0) is 70.6 Å². The molecule has 0 aliphatic carbocycles. The Hall–Kier alpha value is -1.55. The molecule has 0 aliphatic rings. The monoisotopic (exact) mass is 442 g/mol. The molecule has 0 aliphatic heterocycles. The summed E-state index contributed by atoms with van der Waals surface area (Å²) in [6.45, 7) is 0. The number of carbonyl (C=O) groups is 1. The van der Waals surface area contributed by atoms with Crippen LogP contribution in [-0.2, 0) is 4.79 Å². The van der Waals surface area contributed by atoms with Gasteiger partial charge in [-0.3, -0.25) is 4.79 Å². The van der Waals surface area contributed by atoms with Gasteiger partial charge in [0.05, 0.1) is 0 Å². The van der Waals surface area contributed by atoms with Crippen molar-refractivity contribution in [3.63, 3.8) is 0 Å². The fourth-order valence-electron chi connectivity index (χ4n) is 1.65. The standard InChI is InChI=1S/C16H9Cl2IN2O/c17-12-2-1-10(15(18)8-12)7-11(9-20)16(22)21-14-5-3-13(19)4-6-14/h1-8H,(H,21,22)/b11-7-. The van der Waals surface area contributed by atoms with Crippen LogP contribution in [-0.4, -0.2) is 5.91 Å². The van der Waals surface area contributed by atoms with E-state index < -0.39 is 5.91 Å². The molecule has 1 amide bonds. The first-order valence-electron chi connectivity index (χ1n) is 6.13. The van der Waals surface area contributed by atoms with E-state index in [0.29, 0.717) is 21.3 Å². The summed E-state index contributed by atoms with van der Waals surface area (Å²) in [5.41, 5.74) is 1.14. The minimum atomic E-state index is -0.491. The smallest absolute Gasteiger partial charge is 0.266 e.